The molecule has 0 atom stereocenters. The molecule has 1 saturated carbocycles. The van der Waals surface area contributed by atoms with E-state index in [1.807, 2.05) is 29.2 Å². The SMILES string of the molecule is O=C(c1ccc(-c2nc(C3CC3)no2)cc1)N1CCCC1. The van der Waals surface area contributed by atoms with Gasteiger partial charge in [-0.25, -0.2) is 0 Å². The van der Waals surface area contributed by atoms with Crippen molar-refractivity contribution < 1.29 is 9.32 Å². The normalized spacial score (nSPS) is 18.2. The van der Waals surface area contributed by atoms with Gasteiger partial charge in [-0.05, 0) is 49.9 Å². The van der Waals surface area contributed by atoms with Crippen LogP contribution >= 0.6 is 0 Å². The maximum absolute atomic E-state index is 12.3. The van der Waals surface area contributed by atoms with Crippen LogP contribution in [-0.4, -0.2) is 34.0 Å². The lowest BCUT2D eigenvalue weighted by Gasteiger charge is -2.14. The van der Waals surface area contributed by atoms with Gasteiger partial charge in [0.25, 0.3) is 11.8 Å². The van der Waals surface area contributed by atoms with Crippen LogP contribution in [0.2, 0.25) is 0 Å². The molecule has 5 heteroatoms. The van der Waals surface area contributed by atoms with E-state index in [4.69, 9.17) is 4.52 Å². The van der Waals surface area contributed by atoms with Gasteiger partial charge in [-0.3, -0.25) is 4.79 Å². The third-order valence-corrected chi connectivity index (χ3v) is 4.16. The Morgan fingerprint density at radius 2 is 1.86 bits per heavy atom. The molecule has 2 heterocycles. The van der Waals surface area contributed by atoms with Crippen molar-refractivity contribution in [3.05, 3.63) is 35.7 Å². The summed E-state index contributed by atoms with van der Waals surface area (Å²) in [5, 5.41) is 4.01. The largest absolute Gasteiger partial charge is 0.339 e. The predicted molar refractivity (Wildman–Crippen MR) is 76.8 cm³/mol. The van der Waals surface area contributed by atoms with Crippen molar-refractivity contribution in [1.82, 2.24) is 15.0 Å². The van der Waals surface area contributed by atoms with Gasteiger partial charge in [0.2, 0.25) is 0 Å². The fourth-order valence-electron chi connectivity index (χ4n) is 2.72. The minimum atomic E-state index is 0.114. The highest BCUT2D eigenvalue weighted by Gasteiger charge is 2.29. The fourth-order valence-corrected chi connectivity index (χ4v) is 2.72. The summed E-state index contributed by atoms with van der Waals surface area (Å²) < 4.78 is 5.30. The van der Waals surface area contributed by atoms with Crippen molar-refractivity contribution in [2.75, 3.05) is 13.1 Å². The lowest BCUT2D eigenvalue weighted by Crippen LogP contribution is -2.27. The van der Waals surface area contributed by atoms with Crippen LogP contribution in [0.15, 0.2) is 28.8 Å². The van der Waals surface area contributed by atoms with E-state index in [2.05, 4.69) is 10.1 Å². The van der Waals surface area contributed by atoms with E-state index < -0.39 is 0 Å². The molecule has 1 aliphatic heterocycles. The summed E-state index contributed by atoms with van der Waals surface area (Å²) in [6.07, 6.45) is 4.52. The molecule has 1 aliphatic carbocycles. The van der Waals surface area contributed by atoms with Crippen molar-refractivity contribution in [3.63, 3.8) is 0 Å². The second-order valence-electron chi connectivity index (χ2n) is 5.81. The third-order valence-electron chi connectivity index (χ3n) is 4.16. The molecule has 5 nitrogen and oxygen atoms in total. The van der Waals surface area contributed by atoms with Crippen LogP contribution in [-0.2, 0) is 0 Å². The number of carbonyl (C=O) groups is 1. The first-order valence-electron chi connectivity index (χ1n) is 7.54. The van der Waals surface area contributed by atoms with Crippen LogP contribution in [0, 0.1) is 0 Å². The highest BCUT2D eigenvalue weighted by atomic mass is 16.5. The molecule has 21 heavy (non-hydrogen) atoms. The average Bonchev–Trinajstić information content (AvgIpc) is 3.05. The second-order valence-corrected chi connectivity index (χ2v) is 5.81. The third kappa shape index (κ3) is 2.44. The highest BCUT2D eigenvalue weighted by Crippen LogP contribution is 2.38. The quantitative estimate of drug-likeness (QED) is 0.869. The summed E-state index contributed by atoms with van der Waals surface area (Å²) in [6.45, 7) is 1.74. The molecule has 0 unspecified atom stereocenters. The van der Waals surface area contributed by atoms with Gasteiger partial charge in [-0.1, -0.05) is 5.16 Å². The Morgan fingerprint density at radius 1 is 1.14 bits per heavy atom. The number of rotatable bonds is 3. The van der Waals surface area contributed by atoms with Gasteiger partial charge in [-0.15, -0.1) is 0 Å². The van der Waals surface area contributed by atoms with Crippen LogP contribution in [0.4, 0.5) is 0 Å². The molecule has 1 aromatic carbocycles. The van der Waals surface area contributed by atoms with Gasteiger partial charge in [0, 0.05) is 30.1 Å². The zero-order chi connectivity index (χ0) is 14.2. The number of carbonyl (C=O) groups excluding carboxylic acids is 1. The smallest absolute Gasteiger partial charge is 0.257 e. The van der Waals surface area contributed by atoms with Crippen molar-refractivity contribution >= 4 is 5.91 Å². The maximum Gasteiger partial charge on any atom is 0.257 e. The summed E-state index contributed by atoms with van der Waals surface area (Å²) in [6, 6.07) is 7.45. The molecule has 1 amide bonds. The standard InChI is InChI=1S/C16H17N3O2/c20-16(19-9-1-2-10-19)13-7-5-12(6-8-13)15-17-14(18-21-15)11-3-4-11/h5-8,11H,1-4,9-10H2. The van der Waals surface area contributed by atoms with Gasteiger partial charge in [-0.2, -0.15) is 4.98 Å². The van der Waals surface area contributed by atoms with Crippen LogP contribution in [0.3, 0.4) is 0 Å². The maximum atomic E-state index is 12.3. The summed E-state index contributed by atoms with van der Waals surface area (Å²) >= 11 is 0. The Morgan fingerprint density at radius 3 is 2.52 bits per heavy atom. The Labute approximate surface area is 123 Å². The van der Waals surface area contributed by atoms with E-state index in [1.54, 1.807) is 0 Å². The lowest BCUT2D eigenvalue weighted by atomic mass is 10.1. The Kier molecular flexibility index (Phi) is 2.98. The minimum absolute atomic E-state index is 0.114. The molecule has 108 valence electrons. The van der Waals surface area contributed by atoms with E-state index in [9.17, 15) is 4.79 Å². The molecule has 2 fully saturated rings. The van der Waals surface area contributed by atoms with Crippen LogP contribution in [0.1, 0.15) is 47.8 Å². The van der Waals surface area contributed by atoms with Crippen molar-refractivity contribution in [1.29, 1.82) is 0 Å². The van der Waals surface area contributed by atoms with Gasteiger partial charge < -0.3 is 9.42 Å². The van der Waals surface area contributed by atoms with Crippen LogP contribution < -0.4 is 0 Å². The number of likely N-dealkylation sites (tertiary alicyclic amines) is 1. The number of hydrogen-bond donors (Lipinski definition) is 0. The summed E-state index contributed by atoms with van der Waals surface area (Å²) in [5.74, 6) is 1.95. The van der Waals surface area contributed by atoms with Crippen molar-refractivity contribution in [2.24, 2.45) is 0 Å². The molecule has 1 aromatic heterocycles. The summed E-state index contributed by atoms with van der Waals surface area (Å²) in [7, 11) is 0. The van der Waals surface area contributed by atoms with Crippen molar-refractivity contribution in [2.45, 2.75) is 31.6 Å². The average molecular weight is 283 g/mol. The monoisotopic (exact) mass is 283 g/mol. The molecule has 0 N–H and O–H groups in total. The van der Waals surface area contributed by atoms with E-state index in [-0.39, 0.29) is 5.91 Å². The van der Waals surface area contributed by atoms with Crippen molar-refractivity contribution in [3.8, 4) is 11.5 Å². The molecule has 0 spiro atoms. The minimum Gasteiger partial charge on any atom is -0.339 e. The Hall–Kier alpha value is -2.17. The van der Waals surface area contributed by atoms with E-state index in [0.29, 0.717) is 11.8 Å². The molecule has 0 radical (unpaired) electrons. The first kappa shape index (κ1) is 12.6. The predicted octanol–water partition coefficient (Wildman–Crippen LogP) is 2.85. The number of hydrogen-bond acceptors (Lipinski definition) is 4. The molecular formula is C16H17N3O2. The lowest BCUT2D eigenvalue weighted by molar-refractivity contribution is 0.0793. The van der Waals surface area contributed by atoms with Gasteiger partial charge in [0.1, 0.15) is 0 Å². The number of amides is 1. The first-order valence-corrected chi connectivity index (χ1v) is 7.54. The first-order chi connectivity index (χ1) is 10.3. The van der Waals surface area contributed by atoms with E-state index >= 15 is 0 Å². The fraction of sp³-hybridized carbons (Fsp3) is 0.438. The van der Waals surface area contributed by atoms with Gasteiger partial charge >= 0.3 is 0 Å². The van der Waals surface area contributed by atoms with E-state index in [1.165, 1.54) is 0 Å². The Bertz CT molecular complexity index is 652. The molecule has 4 rings (SSSR count). The van der Waals surface area contributed by atoms with Gasteiger partial charge in [0.15, 0.2) is 5.82 Å². The van der Waals surface area contributed by atoms with Gasteiger partial charge in [0.05, 0.1) is 0 Å². The zero-order valence-corrected chi connectivity index (χ0v) is 11.8. The summed E-state index contributed by atoms with van der Waals surface area (Å²) in [4.78, 5) is 18.6. The highest BCUT2D eigenvalue weighted by molar-refractivity contribution is 5.94. The topological polar surface area (TPSA) is 59.2 Å². The Balaban J connectivity index is 1.53. The number of aromatic nitrogens is 2. The molecular weight excluding hydrogens is 266 g/mol. The summed E-state index contributed by atoms with van der Waals surface area (Å²) in [5.41, 5.74) is 1.59. The number of benzene rings is 1. The molecule has 1 saturated heterocycles. The number of nitrogens with zero attached hydrogens (tertiary/aromatic N) is 3. The van der Waals surface area contributed by atoms with Crippen LogP contribution in [0.25, 0.3) is 11.5 Å². The second kappa shape index (κ2) is 4.98. The molecule has 2 aliphatic rings. The molecule has 2 aromatic rings. The van der Waals surface area contributed by atoms with E-state index in [0.717, 1.165) is 55.7 Å². The van der Waals surface area contributed by atoms with Crippen LogP contribution in [0.5, 0.6) is 0 Å². The molecule has 0 bridgehead atoms. The zero-order valence-electron chi connectivity index (χ0n) is 11.8.